The summed E-state index contributed by atoms with van der Waals surface area (Å²) >= 11 is 0. The van der Waals surface area contributed by atoms with Crippen LogP contribution in [0.5, 0.6) is 0 Å². The first kappa shape index (κ1) is 20.5. The SMILES string of the molecule is Cc1cc(/C(O)=C2\C(=O)C(=O)N(Cc3ccncc3)C2c2ccccc2C)ccc1F. The number of ketones is 1. The fourth-order valence-electron chi connectivity index (χ4n) is 3.89. The van der Waals surface area contributed by atoms with Crippen molar-refractivity contribution in [2.75, 3.05) is 0 Å². The molecule has 0 radical (unpaired) electrons. The highest BCUT2D eigenvalue weighted by Gasteiger charge is 2.46. The van der Waals surface area contributed by atoms with Gasteiger partial charge < -0.3 is 10.0 Å². The number of carbonyl (C=O) groups is 2. The summed E-state index contributed by atoms with van der Waals surface area (Å²) in [6, 6.07) is 14.3. The van der Waals surface area contributed by atoms with E-state index in [0.29, 0.717) is 11.1 Å². The maximum absolute atomic E-state index is 13.7. The number of Topliss-reactive ketones (excluding diaryl/α,β-unsaturated/α-hetero) is 1. The summed E-state index contributed by atoms with van der Waals surface area (Å²) in [5.41, 5.74) is 3.07. The van der Waals surface area contributed by atoms with Gasteiger partial charge in [0.25, 0.3) is 11.7 Å². The second-order valence-electron chi connectivity index (χ2n) is 7.60. The van der Waals surface area contributed by atoms with Gasteiger partial charge in [0, 0.05) is 24.5 Å². The summed E-state index contributed by atoms with van der Waals surface area (Å²) in [5, 5.41) is 11.1. The van der Waals surface area contributed by atoms with Gasteiger partial charge in [0.15, 0.2) is 0 Å². The molecular weight excluding hydrogens is 395 g/mol. The highest BCUT2D eigenvalue weighted by atomic mass is 19.1. The van der Waals surface area contributed by atoms with Crippen LogP contribution >= 0.6 is 0 Å². The molecule has 1 aromatic heterocycles. The van der Waals surface area contributed by atoms with Crippen molar-refractivity contribution >= 4 is 17.4 Å². The maximum atomic E-state index is 13.7. The molecule has 0 spiro atoms. The molecule has 31 heavy (non-hydrogen) atoms. The molecule has 1 fully saturated rings. The van der Waals surface area contributed by atoms with E-state index in [-0.39, 0.29) is 17.9 Å². The van der Waals surface area contributed by atoms with Crippen molar-refractivity contribution in [3.8, 4) is 0 Å². The van der Waals surface area contributed by atoms with Crippen molar-refractivity contribution in [2.24, 2.45) is 0 Å². The van der Waals surface area contributed by atoms with E-state index in [2.05, 4.69) is 4.98 Å². The molecule has 1 unspecified atom stereocenters. The lowest BCUT2D eigenvalue weighted by atomic mass is 9.92. The predicted octanol–water partition coefficient (Wildman–Crippen LogP) is 4.46. The van der Waals surface area contributed by atoms with Gasteiger partial charge in [-0.3, -0.25) is 14.6 Å². The molecule has 1 aliphatic heterocycles. The number of hydrogen-bond acceptors (Lipinski definition) is 4. The van der Waals surface area contributed by atoms with Crippen LogP contribution in [0, 0.1) is 19.7 Å². The quantitative estimate of drug-likeness (QED) is 0.387. The van der Waals surface area contributed by atoms with Gasteiger partial charge in [-0.25, -0.2) is 4.39 Å². The number of aryl methyl sites for hydroxylation is 2. The van der Waals surface area contributed by atoms with Crippen LogP contribution in [-0.4, -0.2) is 26.7 Å². The number of aliphatic hydroxyl groups excluding tert-OH is 1. The molecule has 5 nitrogen and oxygen atoms in total. The summed E-state index contributed by atoms with van der Waals surface area (Å²) in [6.07, 6.45) is 3.24. The molecule has 0 aliphatic carbocycles. The van der Waals surface area contributed by atoms with E-state index in [9.17, 15) is 19.1 Å². The second-order valence-corrected chi connectivity index (χ2v) is 7.60. The molecule has 2 heterocycles. The molecule has 1 amide bonds. The molecule has 1 atom stereocenters. The lowest BCUT2D eigenvalue weighted by molar-refractivity contribution is -0.140. The van der Waals surface area contributed by atoms with E-state index in [1.165, 1.54) is 23.1 Å². The predicted molar refractivity (Wildman–Crippen MR) is 114 cm³/mol. The Morgan fingerprint density at radius 3 is 2.42 bits per heavy atom. The molecule has 156 valence electrons. The van der Waals surface area contributed by atoms with Gasteiger partial charge in [0.05, 0.1) is 11.6 Å². The largest absolute Gasteiger partial charge is 0.507 e. The van der Waals surface area contributed by atoms with Crippen LogP contribution in [0.1, 0.15) is 33.9 Å². The Hall–Kier alpha value is -3.80. The number of carbonyl (C=O) groups excluding carboxylic acids is 2. The van der Waals surface area contributed by atoms with E-state index in [1.807, 2.05) is 31.2 Å². The molecule has 1 N–H and O–H groups in total. The third-order valence-electron chi connectivity index (χ3n) is 5.56. The van der Waals surface area contributed by atoms with E-state index in [1.54, 1.807) is 31.5 Å². The lowest BCUT2D eigenvalue weighted by Crippen LogP contribution is -2.29. The lowest BCUT2D eigenvalue weighted by Gasteiger charge is -2.26. The van der Waals surface area contributed by atoms with Crippen molar-refractivity contribution in [1.29, 1.82) is 0 Å². The fourth-order valence-corrected chi connectivity index (χ4v) is 3.89. The third-order valence-corrected chi connectivity index (χ3v) is 5.56. The van der Waals surface area contributed by atoms with Crippen molar-refractivity contribution in [3.05, 3.63) is 106 Å². The number of rotatable bonds is 4. The summed E-state index contributed by atoms with van der Waals surface area (Å²) in [5.74, 6) is -2.18. The van der Waals surface area contributed by atoms with Crippen LogP contribution in [-0.2, 0) is 16.1 Å². The molecule has 1 saturated heterocycles. The zero-order chi connectivity index (χ0) is 22.1. The first-order valence-electron chi connectivity index (χ1n) is 9.88. The van der Waals surface area contributed by atoms with Crippen molar-refractivity contribution in [3.63, 3.8) is 0 Å². The van der Waals surface area contributed by atoms with Gasteiger partial charge >= 0.3 is 0 Å². The van der Waals surface area contributed by atoms with Crippen LogP contribution < -0.4 is 0 Å². The molecule has 0 saturated carbocycles. The number of aromatic nitrogens is 1. The number of aliphatic hydroxyl groups is 1. The maximum Gasteiger partial charge on any atom is 0.295 e. The minimum atomic E-state index is -0.764. The third kappa shape index (κ3) is 3.72. The van der Waals surface area contributed by atoms with Crippen molar-refractivity contribution < 1.29 is 19.1 Å². The molecule has 0 bridgehead atoms. The smallest absolute Gasteiger partial charge is 0.295 e. The minimum Gasteiger partial charge on any atom is -0.507 e. The van der Waals surface area contributed by atoms with Crippen LogP contribution in [0.3, 0.4) is 0 Å². The van der Waals surface area contributed by atoms with E-state index < -0.39 is 23.5 Å². The summed E-state index contributed by atoms with van der Waals surface area (Å²) in [6.45, 7) is 3.65. The number of likely N-dealkylation sites (tertiary alicyclic amines) is 1. The van der Waals surface area contributed by atoms with Crippen LogP contribution in [0.15, 0.2) is 72.6 Å². The Labute approximate surface area is 179 Å². The first-order valence-corrected chi connectivity index (χ1v) is 9.88. The molecular formula is C25H21FN2O3. The highest BCUT2D eigenvalue weighted by molar-refractivity contribution is 6.46. The Bertz CT molecular complexity index is 1200. The number of benzene rings is 2. The van der Waals surface area contributed by atoms with Gasteiger partial charge in [-0.2, -0.15) is 0 Å². The summed E-state index contributed by atoms with van der Waals surface area (Å²) in [7, 11) is 0. The Morgan fingerprint density at radius 1 is 1.03 bits per heavy atom. The van der Waals surface area contributed by atoms with Crippen LogP contribution in [0.2, 0.25) is 0 Å². The Morgan fingerprint density at radius 2 is 1.74 bits per heavy atom. The zero-order valence-corrected chi connectivity index (χ0v) is 17.2. The summed E-state index contributed by atoms with van der Waals surface area (Å²) in [4.78, 5) is 31.6. The average Bonchev–Trinajstić information content (AvgIpc) is 3.01. The normalized spacial score (nSPS) is 17.9. The van der Waals surface area contributed by atoms with E-state index in [4.69, 9.17) is 0 Å². The minimum absolute atomic E-state index is 0.000589. The standard InChI is InChI=1S/C25H21FN2O3/c1-15-5-3-4-6-19(15)22-21(23(29)18-7-8-20(26)16(2)13-18)24(30)25(31)28(22)14-17-9-11-27-12-10-17/h3-13,22,29H,14H2,1-2H3/b23-21+. The number of nitrogens with zero attached hydrogens (tertiary/aromatic N) is 2. The molecule has 3 aromatic rings. The number of pyridine rings is 1. The number of amides is 1. The molecule has 1 aliphatic rings. The monoisotopic (exact) mass is 416 g/mol. The first-order chi connectivity index (χ1) is 14.9. The van der Waals surface area contributed by atoms with Crippen molar-refractivity contribution in [1.82, 2.24) is 9.88 Å². The van der Waals surface area contributed by atoms with Gasteiger partial charge in [0.1, 0.15) is 11.6 Å². The second kappa shape index (κ2) is 8.14. The van der Waals surface area contributed by atoms with E-state index >= 15 is 0 Å². The van der Waals surface area contributed by atoms with Gasteiger partial charge in [0.2, 0.25) is 0 Å². The van der Waals surface area contributed by atoms with Gasteiger partial charge in [-0.05, 0) is 66.4 Å². The molecule has 4 rings (SSSR count). The Kier molecular flexibility index (Phi) is 5.38. The van der Waals surface area contributed by atoms with E-state index in [0.717, 1.165) is 16.7 Å². The van der Waals surface area contributed by atoms with Crippen LogP contribution in [0.4, 0.5) is 4.39 Å². The average molecular weight is 416 g/mol. The topological polar surface area (TPSA) is 70.5 Å². The van der Waals surface area contributed by atoms with Gasteiger partial charge in [-0.15, -0.1) is 0 Å². The number of hydrogen-bond donors (Lipinski definition) is 1. The highest BCUT2D eigenvalue weighted by Crippen LogP contribution is 2.41. The molecule has 2 aromatic carbocycles. The van der Waals surface area contributed by atoms with Crippen LogP contribution in [0.25, 0.3) is 5.76 Å². The summed E-state index contributed by atoms with van der Waals surface area (Å²) < 4.78 is 13.7. The Balaban J connectivity index is 1.90. The molecule has 6 heteroatoms. The zero-order valence-electron chi connectivity index (χ0n) is 17.2. The number of halogens is 1. The van der Waals surface area contributed by atoms with Gasteiger partial charge in [-0.1, -0.05) is 24.3 Å². The fraction of sp³-hybridized carbons (Fsp3) is 0.160. The van der Waals surface area contributed by atoms with Crippen molar-refractivity contribution in [2.45, 2.75) is 26.4 Å².